The van der Waals surface area contributed by atoms with Gasteiger partial charge in [0, 0.05) is 24.8 Å². The lowest BCUT2D eigenvalue weighted by atomic mass is 9.74. The molecular formula is C24H37N7O. The number of aliphatic imine (C=N–C) groups is 1. The van der Waals surface area contributed by atoms with E-state index in [1.54, 1.807) is 0 Å². The topological polar surface area (TPSA) is 126 Å². The maximum Gasteiger partial charge on any atom is 0.268 e. The zero-order chi connectivity index (χ0) is 22.7. The monoisotopic (exact) mass is 439 g/mol. The Morgan fingerprint density at radius 3 is 2.19 bits per heavy atom. The number of hydrogen-bond acceptors (Lipinski definition) is 5. The fourth-order valence-corrected chi connectivity index (χ4v) is 4.78. The van der Waals surface area contributed by atoms with Crippen LogP contribution in [0.1, 0.15) is 57.4 Å². The van der Waals surface area contributed by atoms with Gasteiger partial charge in [0.25, 0.3) is 5.91 Å². The summed E-state index contributed by atoms with van der Waals surface area (Å²) in [5.74, 6) is -0.186. The molecule has 174 valence electrons. The maximum atomic E-state index is 11.7. The highest BCUT2D eigenvalue weighted by Crippen LogP contribution is 2.39. The number of primary amides is 1. The van der Waals surface area contributed by atoms with Crippen LogP contribution in [0.3, 0.4) is 0 Å². The van der Waals surface area contributed by atoms with E-state index in [1.165, 1.54) is 50.8 Å². The van der Waals surface area contributed by atoms with Crippen molar-refractivity contribution in [1.82, 2.24) is 9.80 Å². The summed E-state index contributed by atoms with van der Waals surface area (Å²) in [6, 6.07) is 9.17. The number of rotatable bonds is 6. The third-order valence-corrected chi connectivity index (χ3v) is 7.24. The summed E-state index contributed by atoms with van der Waals surface area (Å²) in [5, 5.41) is 3.15. The van der Waals surface area contributed by atoms with Crippen LogP contribution in [0.5, 0.6) is 0 Å². The Bertz CT molecular complexity index is 874. The summed E-state index contributed by atoms with van der Waals surface area (Å²) in [6.07, 6.45) is 8.43. The lowest BCUT2D eigenvalue weighted by Gasteiger charge is -2.40. The molecule has 0 spiro atoms. The van der Waals surface area contributed by atoms with Crippen molar-refractivity contribution in [3.8, 4) is 0 Å². The van der Waals surface area contributed by atoms with E-state index in [1.807, 2.05) is 17.0 Å². The van der Waals surface area contributed by atoms with Crippen LogP contribution in [-0.2, 0) is 10.2 Å². The molecule has 1 aromatic carbocycles. The molecule has 8 nitrogen and oxygen atoms in total. The van der Waals surface area contributed by atoms with E-state index in [9.17, 15) is 4.79 Å². The van der Waals surface area contributed by atoms with E-state index in [4.69, 9.17) is 17.2 Å². The number of benzene rings is 1. The molecular weight excluding hydrogens is 402 g/mol. The number of guanidine groups is 1. The van der Waals surface area contributed by atoms with Gasteiger partial charge in [0.15, 0.2) is 11.8 Å². The number of carbonyl (C=O) groups excluding carboxylic acids is 1. The molecule has 3 fully saturated rings. The Labute approximate surface area is 190 Å². The van der Waals surface area contributed by atoms with Crippen molar-refractivity contribution < 1.29 is 4.79 Å². The third kappa shape index (κ3) is 5.18. The van der Waals surface area contributed by atoms with Gasteiger partial charge in [-0.05, 0) is 81.1 Å². The molecule has 4 rings (SSSR count). The van der Waals surface area contributed by atoms with Gasteiger partial charge in [0.05, 0.1) is 0 Å². The number of anilines is 1. The predicted molar refractivity (Wildman–Crippen MR) is 129 cm³/mol. The van der Waals surface area contributed by atoms with Crippen molar-refractivity contribution >= 4 is 17.6 Å². The molecule has 2 aliphatic heterocycles. The van der Waals surface area contributed by atoms with Crippen molar-refractivity contribution in [3.05, 3.63) is 41.3 Å². The molecule has 2 heterocycles. The van der Waals surface area contributed by atoms with Crippen LogP contribution in [0.4, 0.5) is 5.69 Å². The van der Waals surface area contributed by atoms with Gasteiger partial charge in [0.1, 0.15) is 5.70 Å². The minimum Gasteiger partial charge on any atom is -0.391 e. The average Bonchev–Trinajstić information content (AvgIpc) is 3.65. The average molecular weight is 440 g/mol. The van der Waals surface area contributed by atoms with Gasteiger partial charge in [-0.15, -0.1) is 0 Å². The minimum absolute atomic E-state index is 0.131. The molecule has 0 unspecified atom stereocenters. The van der Waals surface area contributed by atoms with Crippen LogP contribution in [0, 0.1) is 0 Å². The van der Waals surface area contributed by atoms with Crippen LogP contribution in [0.15, 0.2) is 40.8 Å². The van der Waals surface area contributed by atoms with Gasteiger partial charge < -0.3 is 32.3 Å². The third-order valence-electron chi connectivity index (χ3n) is 7.24. The largest absolute Gasteiger partial charge is 0.391 e. The Kier molecular flexibility index (Phi) is 6.60. The van der Waals surface area contributed by atoms with Crippen LogP contribution in [0.25, 0.3) is 0 Å². The highest BCUT2D eigenvalue weighted by Gasteiger charge is 2.37. The summed E-state index contributed by atoms with van der Waals surface area (Å²) in [7, 11) is 0. The minimum atomic E-state index is -0.728. The highest BCUT2D eigenvalue weighted by molar-refractivity contribution is 5.93. The van der Waals surface area contributed by atoms with Gasteiger partial charge in [-0.3, -0.25) is 4.79 Å². The van der Waals surface area contributed by atoms with E-state index >= 15 is 0 Å². The lowest BCUT2D eigenvalue weighted by molar-refractivity contribution is -0.114. The molecule has 3 aliphatic rings. The van der Waals surface area contributed by atoms with Gasteiger partial charge in [-0.1, -0.05) is 19.1 Å². The van der Waals surface area contributed by atoms with E-state index in [0.717, 1.165) is 37.7 Å². The number of nitrogens with one attached hydrogen (secondary N) is 1. The van der Waals surface area contributed by atoms with E-state index in [2.05, 4.69) is 34.3 Å². The normalized spacial score (nSPS) is 22.9. The molecule has 32 heavy (non-hydrogen) atoms. The molecule has 1 aliphatic carbocycles. The van der Waals surface area contributed by atoms with Crippen LogP contribution in [-0.4, -0.2) is 53.9 Å². The second-order valence-corrected chi connectivity index (χ2v) is 9.67. The summed E-state index contributed by atoms with van der Waals surface area (Å²) in [6.45, 7) is 6.41. The van der Waals surface area contributed by atoms with Gasteiger partial charge in [-0.2, -0.15) is 4.99 Å². The van der Waals surface area contributed by atoms with Gasteiger partial charge in [-0.25, -0.2) is 0 Å². The van der Waals surface area contributed by atoms with Crippen LogP contribution in [0.2, 0.25) is 0 Å². The van der Waals surface area contributed by atoms with Crippen molar-refractivity contribution in [2.45, 2.75) is 63.3 Å². The van der Waals surface area contributed by atoms with Crippen molar-refractivity contribution in [1.29, 1.82) is 0 Å². The number of amides is 1. The first-order valence-electron chi connectivity index (χ1n) is 11.9. The molecule has 1 amide bonds. The molecule has 0 radical (unpaired) electrons. The second-order valence-electron chi connectivity index (χ2n) is 9.67. The lowest BCUT2D eigenvalue weighted by Crippen LogP contribution is -2.41. The zero-order valence-corrected chi connectivity index (χ0v) is 19.1. The number of likely N-dealkylation sites (tertiary alicyclic amines) is 2. The molecule has 1 saturated carbocycles. The number of nitrogens with zero attached hydrogens (tertiary/aromatic N) is 3. The Hall–Kier alpha value is -2.74. The Balaban J connectivity index is 1.47. The van der Waals surface area contributed by atoms with Gasteiger partial charge in [0.2, 0.25) is 0 Å². The standard InChI is InChI=1S/C24H37N7O/c1-24(11-15-30(16-12-24)19-9-10-19)17-5-7-18(8-6-17)28-22(20(25)21(26)32)29-23(27)31-13-3-2-4-14-31/h5-8,19,28H,2-4,9-16,25H2,1H3,(H2,26,32)(H2,27,29)/b22-20-. The molecule has 0 bridgehead atoms. The Morgan fingerprint density at radius 1 is 1.00 bits per heavy atom. The summed E-state index contributed by atoms with van der Waals surface area (Å²) < 4.78 is 0. The van der Waals surface area contributed by atoms with Crippen molar-refractivity contribution in [3.63, 3.8) is 0 Å². The SMILES string of the molecule is CC1(c2ccc(NC(/N=C(\N)N3CCCCC3)=C(/N)C(N)=O)cc2)CCN(C2CC2)CC1. The summed E-state index contributed by atoms with van der Waals surface area (Å²) >= 11 is 0. The number of carbonyl (C=O) groups is 1. The van der Waals surface area contributed by atoms with Crippen molar-refractivity contribution in [2.75, 3.05) is 31.5 Å². The molecule has 0 aromatic heterocycles. The smallest absolute Gasteiger partial charge is 0.268 e. The van der Waals surface area contributed by atoms with Crippen molar-refractivity contribution in [2.24, 2.45) is 22.2 Å². The first kappa shape index (κ1) is 22.5. The first-order chi connectivity index (χ1) is 15.4. The van der Waals surface area contributed by atoms with Crippen LogP contribution < -0.4 is 22.5 Å². The molecule has 1 aromatic rings. The maximum absolute atomic E-state index is 11.7. The summed E-state index contributed by atoms with van der Waals surface area (Å²) in [4.78, 5) is 20.8. The molecule has 8 heteroatoms. The number of hydrogen-bond donors (Lipinski definition) is 4. The quantitative estimate of drug-likeness (QED) is 0.305. The Morgan fingerprint density at radius 2 is 1.62 bits per heavy atom. The fraction of sp³-hybridized carbons (Fsp3) is 0.583. The van der Waals surface area contributed by atoms with E-state index in [-0.39, 0.29) is 16.9 Å². The molecule has 0 atom stereocenters. The van der Waals surface area contributed by atoms with E-state index < -0.39 is 5.91 Å². The number of piperidine rings is 2. The summed E-state index contributed by atoms with van der Waals surface area (Å²) in [5.41, 5.74) is 19.8. The highest BCUT2D eigenvalue weighted by atomic mass is 16.1. The fourth-order valence-electron chi connectivity index (χ4n) is 4.78. The van der Waals surface area contributed by atoms with Crippen LogP contribution >= 0.6 is 0 Å². The molecule has 2 saturated heterocycles. The number of nitrogens with two attached hydrogens (primary N) is 3. The van der Waals surface area contributed by atoms with Gasteiger partial charge >= 0.3 is 0 Å². The predicted octanol–water partition coefficient (Wildman–Crippen LogP) is 2.03. The second kappa shape index (κ2) is 9.40. The zero-order valence-electron chi connectivity index (χ0n) is 19.1. The first-order valence-corrected chi connectivity index (χ1v) is 11.9. The van der Waals surface area contributed by atoms with E-state index in [0.29, 0.717) is 5.96 Å². The molecule has 7 N–H and O–H groups in total.